The Labute approximate surface area is 136 Å². The molecule has 0 bridgehead atoms. The number of carboxylic acid groups (broad SMARTS) is 2. The molecule has 0 radical (unpaired) electrons. The van der Waals surface area contributed by atoms with Crippen LogP contribution in [0.1, 0.15) is 26.3 Å². The molecule has 0 atom stereocenters. The summed E-state index contributed by atoms with van der Waals surface area (Å²) in [6, 6.07) is 1.38. The number of hydrogen-bond donors (Lipinski definition) is 4. The van der Waals surface area contributed by atoms with Crippen molar-refractivity contribution in [2.24, 2.45) is 0 Å². The van der Waals surface area contributed by atoms with Crippen LogP contribution in [0.15, 0.2) is 17.0 Å². The molecule has 0 spiro atoms. The molecule has 0 aliphatic heterocycles. The van der Waals surface area contributed by atoms with Gasteiger partial charge in [-0.15, -0.1) is 0 Å². The average molecular weight is 314 g/mol. The molecule has 106 valence electrons. The molecule has 4 N–H and O–H groups in total. The summed E-state index contributed by atoms with van der Waals surface area (Å²) in [5, 5.41) is 26.7. The van der Waals surface area contributed by atoms with Gasteiger partial charge in [-0.3, -0.25) is 4.55 Å². The molecule has 0 aliphatic rings. The number of carboxylic acids is 2. The van der Waals surface area contributed by atoms with Crippen LogP contribution in [0.2, 0.25) is 0 Å². The van der Waals surface area contributed by atoms with Gasteiger partial charge in [0.15, 0.2) is 0 Å². The van der Waals surface area contributed by atoms with E-state index in [9.17, 15) is 18.0 Å². The molecule has 0 unspecified atom stereocenters. The molecule has 0 saturated heterocycles. The monoisotopic (exact) mass is 314 g/mol. The average Bonchev–Trinajstić information content (AvgIpc) is 2.26. The number of rotatable bonds is 5. The number of hydrogen-bond acceptors (Lipinski definition) is 5. The van der Waals surface area contributed by atoms with E-state index in [1.807, 2.05) is 0 Å². The van der Waals surface area contributed by atoms with E-state index in [1.54, 1.807) is 0 Å². The first kappa shape index (κ1) is 19.0. The fourth-order valence-electron chi connectivity index (χ4n) is 1.56. The van der Waals surface area contributed by atoms with Gasteiger partial charge < -0.3 is 15.3 Å². The zero-order chi connectivity index (χ0) is 14.8. The Hall–Kier alpha value is -0.970. The molecule has 0 amide bonds. The van der Waals surface area contributed by atoms with Crippen molar-refractivity contribution in [2.45, 2.75) is 11.3 Å². The first-order valence-corrected chi connectivity index (χ1v) is 6.34. The molecule has 0 fully saturated rings. The molecule has 8 nitrogen and oxygen atoms in total. The van der Waals surface area contributed by atoms with Gasteiger partial charge in [-0.05, 0) is 24.1 Å². The van der Waals surface area contributed by atoms with E-state index in [0.29, 0.717) is 6.07 Å². The summed E-state index contributed by atoms with van der Waals surface area (Å²) in [7, 11) is -4.68. The summed E-state index contributed by atoms with van der Waals surface area (Å²) in [6.07, 6.45) is -0.259. The molecule has 1 aromatic rings. The Balaban J connectivity index is 0.00000361. The number of benzene rings is 1. The first-order valence-electron chi connectivity index (χ1n) is 4.90. The van der Waals surface area contributed by atoms with Gasteiger partial charge in [-0.25, -0.2) is 9.59 Å². The van der Waals surface area contributed by atoms with Gasteiger partial charge in [-0.2, -0.15) is 8.42 Å². The maximum absolute atomic E-state index is 11.0. The van der Waals surface area contributed by atoms with Crippen molar-refractivity contribution < 1.29 is 37.9 Å². The van der Waals surface area contributed by atoms with Gasteiger partial charge >= 0.3 is 41.5 Å². The number of aliphatic hydroxyl groups excluding tert-OH is 1. The van der Waals surface area contributed by atoms with Crippen LogP contribution < -0.4 is 0 Å². The summed E-state index contributed by atoms with van der Waals surface area (Å²) in [5.74, 6) is -3.22. The van der Waals surface area contributed by atoms with Crippen molar-refractivity contribution in [3.8, 4) is 0 Å². The summed E-state index contributed by atoms with van der Waals surface area (Å²) in [5.41, 5.74) is -1.58. The van der Waals surface area contributed by atoms with Gasteiger partial charge in [-0.1, -0.05) is 0 Å². The van der Waals surface area contributed by atoms with E-state index >= 15 is 0 Å². The third-order valence-electron chi connectivity index (χ3n) is 2.32. The SMILES string of the molecule is O=C(O)c1cc(S(=O)(=O)O)cc(CCO)c1C(=O)O.[NaH]. The van der Waals surface area contributed by atoms with Crippen molar-refractivity contribution in [3.05, 3.63) is 28.8 Å². The van der Waals surface area contributed by atoms with Crippen LogP contribution in [-0.4, -0.2) is 76.4 Å². The third-order valence-corrected chi connectivity index (χ3v) is 3.15. The summed E-state index contributed by atoms with van der Waals surface area (Å²) >= 11 is 0. The van der Waals surface area contributed by atoms with Crippen molar-refractivity contribution in [2.75, 3.05) is 6.61 Å². The van der Waals surface area contributed by atoms with E-state index in [1.165, 1.54) is 0 Å². The van der Waals surface area contributed by atoms with Gasteiger partial charge in [0.2, 0.25) is 0 Å². The Morgan fingerprint density at radius 3 is 2.00 bits per heavy atom. The minimum absolute atomic E-state index is 0. The van der Waals surface area contributed by atoms with Crippen molar-refractivity contribution in [3.63, 3.8) is 0 Å². The van der Waals surface area contributed by atoms with Crippen LogP contribution in [0.25, 0.3) is 0 Å². The predicted octanol–water partition coefficient (Wildman–Crippen LogP) is -0.784. The molecule has 20 heavy (non-hydrogen) atoms. The van der Waals surface area contributed by atoms with Crippen molar-refractivity contribution in [1.82, 2.24) is 0 Å². The molecular formula is C10H11NaO8S. The van der Waals surface area contributed by atoms with E-state index in [-0.39, 0.29) is 41.5 Å². The van der Waals surface area contributed by atoms with Gasteiger partial charge in [0, 0.05) is 6.61 Å². The maximum atomic E-state index is 11.0. The molecule has 0 aliphatic carbocycles. The summed E-state index contributed by atoms with van der Waals surface area (Å²) in [4.78, 5) is 21.2. The Kier molecular flexibility index (Phi) is 6.81. The zero-order valence-electron chi connectivity index (χ0n) is 9.40. The first-order chi connectivity index (χ1) is 8.68. The van der Waals surface area contributed by atoms with Crippen molar-refractivity contribution in [1.29, 1.82) is 0 Å². The van der Waals surface area contributed by atoms with Gasteiger partial charge in [0.05, 0.1) is 16.0 Å². The van der Waals surface area contributed by atoms with E-state index in [4.69, 9.17) is 19.9 Å². The minimum atomic E-state index is -4.68. The molecule has 0 heterocycles. The van der Waals surface area contributed by atoms with Crippen LogP contribution in [0, 0.1) is 0 Å². The van der Waals surface area contributed by atoms with E-state index in [2.05, 4.69) is 0 Å². The van der Waals surface area contributed by atoms with Crippen LogP contribution in [0.5, 0.6) is 0 Å². The Bertz CT molecular complexity index is 637. The second kappa shape index (κ2) is 7.16. The molecule has 0 aromatic heterocycles. The fourth-order valence-corrected chi connectivity index (χ4v) is 2.12. The van der Waals surface area contributed by atoms with Crippen LogP contribution >= 0.6 is 0 Å². The normalized spacial score (nSPS) is 10.7. The quantitative estimate of drug-likeness (QED) is 0.408. The van der Waals surface area contributed by atoms with Crippen LogP contribution in [0.3, 0.4) is 0 Å². The topological polar surface area (TPSA) is 149 Å². The van der Waals surface area contributed by atoms with Gasteiger partial charge in [0.1, 0.15) is 0 Å². The molecule has 0 saturated carbocycles. The summed E-state index contributed by atoms with van der Waals surface area (Å²) < 4.78 is 30.9. The number of aliphatic hydroxyl groups is 1. The van der Waals surface area contributed by atoms with E-state index < -0.39 is 44.7 Å². The third kappa shape index (κ3) is 4.27. The molecule has 1 rings (SSSR count). The second-order valence-corrected chi connectivity index (χ2v) is 4.99. The molecule has 1 aromatic carbocycles. The Morgan fingerprint density at radius 2 is 1.65 bits per heavy atom. The van der Waals surface area contributed by atoms with Crippen LogP contribution in [-0.2, 0) is 16.5 Å². The van der Waals surface area contributed by atoms with Crippen molar-refractivity contribution >= 4 is 51.6 Å². The summed E-state index contributed by atoms with van der Waals surface area (Å²) in [6.45, 7) is -0.506. The number of carbonyl (C=O) groups is 2. The molecule has 10 heteroatoms. The molecular weight excluding hydrogens is 303 g/mol. The standard InChI is InChI=1S/C10H10O8S.Na.H/c11-2-1-5-3-6(19(16,17)18)4-7(9(12)13)8(5)10(14)15;;/h3-4,11H,1-2H2,(H,12,13)(H,14,15)(H,16,17,18);;. The number of aromatic carboxylic acids is 2. The fraction of sp³-hybridized carbons (Fsp3) is 0.200. The van der Waals surface area contributed by atoms with E-state index in [0.717, 1.165) is 6.07 Å². The van der Waals surface area contributed by atoms with Gasteiger partial charge in [0.25, 0.3) is 10.1 Å². The predicted molar refractivity (Wildman–Crippen MR) is 68.1 cm³/mol. The second-order valence-electron chi connectivity index (χ2n) is 3.56. The Morgan fingerprint density at radius 1 is 1.10 bits per heavy atom. The van der Waals surface area contributed by atoms with Crippen LogP contribution in [0.4, 0.5) is 0 Å². The zero-order valence-corrected chi connectivity index (χ0v) is 10.2.